The molecule has 6 heteroatoms. The Balaban J connectivity index is 1.88. The van der Waals surface area contributed by atoms with E-state index in [1.807, 2.05) is 0 Å². The third-order valence-corrected chi connectivity index (χ3v) is 4.59. The Hall–Kier alpha value is -1.75. The van der Waals surface area contributed by atoms with Gasteiger partial charge < -0.3 is 15.1 Å². The van der Waals surface area contributed by atoms with E-state index in [4.69, 9.17) is 11.6 Å². The van der Waals surface area contributed by atoms with Crippen LogP contribution in [-0.4, -0.2) is 39.1 Å². The van der Waals surface area contributed by atoms with Crippen LogP contribution in [0.15, 0.2) is 18.2 Å². The van der Waals surface area contributed by atoms with Gasteiger partial charge >= 0.3 is 5.97 Å². The van der Waals surface area contributed by atoms with Crippen molar-refractivity contribution < 1.29 is 19.8 Å². The number of benzene rings is 1. The first kappa shape index (κ1) is 13.2. The van der Waals surface area contributed by atoms with Crippen molar-refractivity contribution in [3.63, 3.8) is 0 Å². The fourth-order valence-corrected chi connectivity index (χ4v) is 3.54. The Labute approximate surface area is 120 Å². The van der Waals surface area contributed by atoms with Crippen LogP contribution in [0.4, 0.5) is 0 Å². The van der Waals surface area contributed by atoms with Gasteiger partial charge in [0.25, 0.3) is 5.91 Å². The zero-order valence-corrected chi connectivity index (χ0v) is 11.4. The molecule has 2 heterocycles. The van der Waals surface area contributed by atoms with Crippen molar-refractivity contribution >= 4 is 23.5 Å². The van der Waals surface area contributed by atoms with Crippen LogP contribution in [-0.2, 0) is 4.79 Å². The number of carbonyl (C=O) groups is 2. The number of aliphatic carboxylic acids is 1. The maximum absolute atomic E-state index is 12.5. The van der Waals surface area contributed by atoms with E-state index in [1.165, 1.54) is 18.2 Å². The molecule has 3 atom stereocenters. The van der Waals surface area contributed by atoms with Crippen molar-refractivity contribution in [2.75, 3.05) is 0 Å². The molecule has 2 N–H and O–H groups in total. The fraction of sp³-hybridized carbons (Fsp3) is 0.429. The molecular formula is C14H14ClNO4. The summed E-state index contributed by atoms with van der Waals surface area (Å²) in [5.74, 6) is -1.58. The first-order valence-corrected chi connectivity index (χ1v) is 6.91. The van der Waals surface area contributed by atoms with Crippen LogP contribution in [0.1, 0.15) is 29.6 Å². The molecule has 2 fully saturated rings. The van der Waals surface area contributed by atoms with E-state index >= 15 is 0 Å². The van der Waals surface area contributed by atoms with Crippen molar-refractivity contribution in [2.24, 2.45) is 5.92 Å². The topological polar surface area (TPSA) is 77.8 Å². The Bertz CT molecular complexity index is 589. The van der Waals surface area contributed by atoms with E-state index in [-0.39, 0.29) is 28.8 Å². The predicted octanol–water partition coefficient (Wildman–Crippen LogP) is 2.12. The van der Waals surface area contributed by atoms with Crippen LogP contribution in [0.2, 0.25) is 5.02 Å². The number of carbonyl (C=O) groups excluding carboxylic acids is 1. The molecule has 1 aromatic rings. The summed E-state index contributed by atoms with van der Waals surface area (Å²) in [5.41, 5.74) is 0.385. The molecule has 2 aliphatic rings. The van der Waals surface area contributed by atoms with E-state index < -0.39 is 11.9 Å². The number of carboxylic acids is 1. The molecule has 3 rings (SSSR count). The summed E-state index contributed by atoms with van der Waals surface area (Å²) in [6.45, 7) is 0. The van der Waals surface area contributed by atoms with Crippen LogP contribution < -0.4 is 0 Å². The number of phenols is 1. The maximum atomic E-state index is 12.5. The molecule has 20 heavy (non-hydrogen) atoms. The number of carboxylic acid groups (broad SMARTS) is 1. The average Bonchev–Trinajstić information content (AvgIpc) is 2.98. The second kappa shape index (κ2) is 4.66. The quantitative estimate of drug-likeness (QED) is 0.876. The summed E-state index contributed by atoms with van der Waals surface area (Å²) in [4.78, 5) is 25.4. The Morgan fingerprint density at radius 3 is 2.65 bits per heavy atom. The molecule has 3 unspecified atom stereocenters. The number of phenolic OH excluding ortho intramolecular Hbond substituents is 1. The summed E-state index contributed by atoms with van der Waals surface area (Å²) in [6.07, 6.45) is 2.11. The van der Waals surface area contributed by atoms with E-state index in [0.717, 1.165) is 12.8 Å². The number of fused-ring (bicyclic) bond motifs is 2. The minimum absolute atomic E-state index is 0.00109. The second-order valence-corrected chi connectivity index (χ2v) is 5.76. The molecule has 2 aliphatic heterocycles. The highest BCUT2D eigenvalue weighted by molar-refractivity contribution is 6.32. The highest BCUT2D eigenvalue weighted by Gasteiger charge is 2.51. The van der Waals surface area contributed by atoms with Crippen LogP contribution in [0.25, 0.3) is 0 Å². The molecule has 5 nitrogen and oxygen atoms in total. The molecule has 0 spiro atoms. The van der Waals surface area contributed by atoms with Crippen LogP contribution in [0.3, 0.4) is 0 Å². The third-order valence-electron chi connectivity index (χ3n) is 4.28. The van der Waals surface area contributed by atoms with Gasteiger partial charge in [-0.2, -0.15) is 0 Å². The summed E-state index contributed by atoms with van der Waals surface area (Å²) in [5, 5.41) is 18.7. The normalized spacial score (nSPS) is 27.9. The van der Waals surface area contributed by atoms with Gasteiger partial charge in [0.1, 0.15) is 5.75 Å². The Morgan fingerprint density at radius 2 is 2.05 bits per heavy atom. The standard InChI is InChI=1S/C14H14ClNO4/c15-10-5-7(1-4-12(10)17)13(18)16-8-2-3-11(16)9(6-8)14(19)20/h1,4-5,8-9,11,17H,2-3,6H2,(H,19,20). The van der Waals surface area contributed by atoms with Gasteiger partial charge in [0.2, 0.25) is 0 Å². The van der Waals surface area contributed by atoms with Gasteiger partial charge in [-0.1, -0.05) is 11.6 Å². The van der Waals surface area contributed by atoms with Crippen molar-refractivity contribution in [1.82, 2.24) is 4.90 Å². The molecule has 0 saturated carbocycles. The van der Waals surface area contributed by atoms with Crippen molar-refractivity contribution in [3.05, 3.63) is 28.8 Å². The molecule has 1 aromatic carbocycles. The molecule has 2 saturated heterocycles. The van der Waals surface area contributed by atoms with Gasteiger partial charge in [-0.25, -0.2) is 0 Å². The molecule has 106 valence electrons. The van der Waals surface area contributed by atoms with Gasteiger partial charge in [-0.3, -0.25) is 9.59 Å². The van der Waals surface area contributed by atoms with Gasteiger partial charge in [-0.15, -0.1) is 0 Å². The lowest BCUT2D eigenvalue weighted by Gasteiger charge is -2.23. The summed E-state index contributed by atoms with van der Waals surface area (Å²) in [7, 11) is 0. The molecule has 0 aliphatic carbocycles. The predicted molar refractivity (Wildman–Crippen MR) is 71.8 cm³/mol. The molecule has 0 radical (unpaired) electrons. The van der Waals surface area contributed by atoms with Crippen molar-refractivity contribution in [1.29, 1.82) is 0 Å². The van der Waals surface area contributed by atoms with Gasteiger partial charge in [0, 0.05) is 17.6 Å². The van der Waals surface area contributed by atoms with Crippen molar-refractivity contribution in [3.8, 4) is 5.75 Å². The van der Waals surface area contributed by atoms with E-state index in [0.29, 0.717) is 12.0 Å². The zero-order valence-electron chi connectivity index (χ0n) is 10.6. The molecule has 1 amide bonds. The minimum atomic E-state index is -0.835. The number of aromatic hydroxyl groups is 1. The van der Waals surface area contributed by atoms with E-state index in [1.54, 1.807) is 4.90 Å². The number of nitrogens with zero attached hydrogens (tertiary/aromatic N) is 1. The minimum Gasteiger partial charge on any atom is -0.506 e. The highest BCUT2D eigenvalue weighted by atomic mass is 35.5. The SMILES string of the molecule is O=C(O)C1CC2CCC1N2C(=O)c1ccc(O)c(Cl)c1. The lowest BCUT2D eigenvalue weighted by Crippen LogP contribution is -2.37. The molecular weight excluding hydrogens is 282 g/mol. The monoisotopic (exact) mass is 295 g/mol. The average molecular weight is 296 g/mol. The Kier molecular flexibility index (Phi) is 3.09. The summed E-state index contributed by atoms with van der Waals surface area (Å²) >= 11 is 5.82. The first-order valence-electron chi connectivity index (χ1n) is 6.53. The summed E-state index contributed by atoms with van der Waals surface area (Å²) in [6, 6.07) is 4.09. The number of hydrogen-bond donors (Lipinski definition) is 2. The van der Waals surface area contributed by atoms with Crippen LogP contribution in [0.5, 0.6) is 5.75 Å². The second-order valence-electron chi connectivity index (χ2n) is 5.36. The lowest BCUT2D eigenvalue weighted by atomic mass is 9.89. The van der Waals surface area contributed by atoms with E-state index in [9.17, 15) is 19.8 Å². The number of hydrogen-bond acceptors (Lipinski definition) is 3. The summed E-state index contributed by atoms with van der Waals surface area (Å²) < 4.78 is 0. The van der Waals surface area contributed by atoms with Gasteiger partial charge in [0.05, 0.1) is 10.9 Å². The van der Waals surface area contributed by atoms with E-state index in [2.05, 4.69) is 0 Å². The zero-order chi connectivity index (χ0) is 14.4. The number of halogens is 1. The van der Waals surface area contributed by atoms with Crippen LogP contribution >= 0.6 is 11.6 Å². The lowest BCUT2D eigenvalue weighted by molar-refractivity contribution is -0.142. The van der Waals surface area contributed by atoms with Crippen molar-refractivity contribution in [2.45, 2.75) is 31.3 Å². The molecule has 2 bridgehead atoms. The Morgan fingerprint density at radius 1 is 1.30 bits per heavy atom. The third kappa shape index (κ3) is 1.93. The molecule has 0 aromatic heterocycles. The highest BCUT2D eigenvalue weighted by Crippen LogP contribution is 2.42. The maximum Gasteiger partial charge on any atom is 0.308 e. The van der Waals surface area contributed by atoms with Gasteiger partial charge in [0.15, 0.2) is 0 Å². The smallest absolute Gasteiger partial charge is 0.308 e. The largest absolute Gasteiger partial charge is 0.506 e. The number of amides is 1. The first-order chi connectivity index (χ1) is 9.49. The van der Waals surface area contributed by atoms with Crippen LogP contribution in [0, 0.1) is 5.92 Å². The number of rotatable bonds is 2. The van der Waals surface area contributed by atoms with Gasteiger partial charge in [-0.05, 0) is 37.5 Å². The fourth-order valence-electron chi connectivity index (χ4n) is 3.36.